The second kappa shape index (κ2) is 5.40. The minimum atomic E-state index is -0.260. The van der Waals surface area contributed by atoms with Crippen LogP contribution < -0.4 is 11.1 Å². The zero-order valence-corrected chi connectivity index (χ0v) is 11.4. The van der Waals surface area contributed by atoms with Crippen LogP contribution in [0, 0.1) is 12.7 Å². The van der Waals surface area contributed by atoms with Crippen LogP contribution in [0.2, 0.25) is 0 Å². The lowest BCUT2D eigenvalue weighted by Gasteiger charge is -2.17. The summed E-state index contributed by atoms with van der Waals surface area (Å²) in [5.41, 5.74) is 7.68. The lowest BCUT2D eigenvalue weighted by molar-refractivity contribution is 0.619. The quantitative estimate of drug-likeness (QED) is 0.824. The van der Waals surface area contributed by atoms with Gasteiger partial charge < -0.3 is 11.1 Å². The molecule has 0 aliphatic rings. The first-order valence-corrected chi connectivity index (χ1v) is 6.79. The fourth-order valence-electron chi connectivity index (χ4n) is 1.87. The van der Waals surface area contributed by atoms with Gasteiger partial charge in [-0.1, -0.05) is 6.07 Å². The highest BCUT2D eigenvalue weighted by Gasteiger charge is 2.09. The smallest absolute Gasteiger partial charge is 0.128 e. The second-order valence-corrected chi connectivity index (χ2v) is 5.55. The minimum absolute atomic E-state index is 0.260. The molecule has 18 heavy (non-hydrogen) atoms. The van der Waals surface area contributed by atoms with E-state index in [1.165, 1.54) is 10.9 Å². The average molecular weight is 264 g/mol. The van der Waals surface area contributed by atoms with E-state index in [-0.39, 0.29) is 11.9 Å². The standard InChI is InChI=1S/C14H17FN2S/c1-9-6-14(13(16)8-12(9)15)17-10(2)7-11-4-3-5-18-11/h3-6,8,10,17H,7,16H2,1-2H3. The van der Waals surface area contributed by atoms with Crippen LogP contribution in [-0.2, 0) is 6.42 Å². The minimum Gasteiger partial charge on any atom is -0.397 e. The Morgan fingerprint density at radius 2 is 2.22 bits per heavy atom. The molecular weight excluding hydrogens is 247 g/mol. The van der Waals surface area contributed by atoms with Crippen LogP contribution >= 0.6 is 11.3 Å². The molecule has 0 bridgehead atoms. The van der Waals surface area contributed by atoms with Gasteiger partial charge in [0, 0.05) is 17.3 Å². The Bertz CT molecular complexity index is 523. The molecule has 3 N–H and O–H groups in total. The molecule has 1 heterocycles. The third-order valence-electron chi connectivity index (χ3n) is 2.82. The summed E-state index contributed by atoms with van der Waals surface area (Å²) in [6, 6.07) is 7.55. The number of anilines is 2. The zero-order chi connectivity index (χ0) is 13.1. The Kier molecular flexibility index (Phi) is 3.87. The molecule has 1 aromatic carbocycles. The number of aryl methyl sites for hydroxylation is 1. The van der Waals surface area contributed by atoms with Gasteiger partial charge in [-0.05, 0) is 43.0 Å². The molecule has 0 fully saturated rings. The van der Waals surface area contributed by atoms with Gasteiger partial charge in [0.15, 0.2) is 0 Å². The van der Waals surface area contributed by atoms with Crippen molar-refractivity contribution in [2.24, 2.45) is 0 Å². The van der Waals surface area contributed by atoms with Crippen LogP contribution in [0.1, 0.15) is 17.4 Å². The summed E-state index contributed by atoms with van der Waals surface area (Å²) < 4.78 is 13.3. The van der Waals surface area contributed by atoms with Crippen molar-refractivity contribution in [3.8, 4) is 0 Å². The third-order valence-corrected chi connectivity index (χ3v) is 3.72. The maximum atomic E-state index is 13.3. The first-order valence-electron chi connectivity index (χ1n) is 5.91. The second-order valence-electron chi connectivity index (χ2n) is 4.52. The number of nitrogens with two attached hydrogens (primary N) is 1. The van der Waals surface area contributed by atoms with Crippen molar-refractivity contribution >= 4 is 22.7 Å². The van der Waals surface area contributed by atoms with Crippen LogP contribution in [-0.4, -0.2) is 6.04 Å². The zero-order valence-electron chi connectivity index (χ0n) is 10.5. The molecule has 2 rings (SSSR count). The van der Waals surface area contributed by atoms with Gasteiger partial charge in [0.1, 0.15) is 5.82 Å². The molecule has 96 valence electrons. The van der Waals surface area contributed by atoms with Crippen LogP contribution in [0.5, 0.6) is 0 Å². The number of hydrogen-bond donors (Lipinski definition) is 2. The number of thiophene rings is 1. The summed E-state index contributed by atoms with van der Waals surface area (Å²) >= 11 is 1.74. The van der Waals surface area contributed by atoms with Crippen molar-refractivity contribution in [3.05, 3.63) is 45.9 Å². The molecule has 2 aromatic rings. The van der Waals surface area contributed by atoms with Gasteiger partial charge in [-0.3, -0.25) is 0 Å². The van der Waals surface area contributed by atoms with Gasteiger partial charge in [-0.2, -0.15) is 0 Å². The maximum absolute atomic E-state index is 13.3. The number of nitrogens with one attached hydrogen (secondary N) is 1. The van der Waals surface area contributed by atoms with E-state index in [4.69, 9.17) is 5.73 Å². The lowest BCUT2D eigenvalue weighted by atomic mass is 10.1. The summed E-state index contributed by atoms with van der Waals surface area (Å²) in [4.78, 5) is 1.33. The molecule has 0 spiro atoms. The Labute approximate surface area is 111 Å². The van der Waals surface area contributed by atoms with E-state index in [2.05, 4.69) is 23.7 Å². The largest absolute Gasteiger partial charge is 0.397 e. The highest BCUT2D eigenvalue weighted by atomic mass is 32.1. The van der Waals surface area contributed by atoms with Crippen molar-refractivity contribution in [2.45, 2.75) is 26.3 Å². The van der Waals surface area contributed by atoms with Crippen LogP contribution in [0.25, 0.3) is 0 Å². The van der Waals surface area contributed by atoms with Gasteiger partial charge in [0.25, 0.3) is 0 Å². The molecule has 0 radical (unpaired) electrons. The van der Waals surface area contributed by atoms with Crippen molar-refractivity contribution in [3.63, 3.8) is 0 Å². The molecule has 0 aliphatic heterocycles. The van der Waals surface area contributed by atoms with Crippen molar-refractivity contribution in [2.75, 3.05) is 11.1 Å². The fourth-order valence-corrected chi connectivity index (χ4v) is 2.70. The molecule has 0 aliphatic carbocycles. The van der Waals surface area contributed by atoms with Crippen LogP contribution in [0.3, 0.4) is 0 Å². The molecule has 1 unspecified atom stereocenters. The summed E-state index contributed by atoms with van der Waals surface area (Å²) in [5, 5.41) is 5.40. The van der Waals surface area contributed by atoms with Crippen molar-refractivity contribution < 1.29 is 4.39 Å². The molecule has 1 aromatic heterocycles. The molecule has 0 saturated carbocycles. The van der Waals surface area contributed by atoms with E-state index in [9.17, 15) is 4.39 Å². The normalized spacial score (nSPS) is 12.4. The first-order chi connectivity index (χ1) is 8.56. The number of benzene rings is 1. The van der Waals surface area contributed by atoms with Gasteiger partial charge >= 0.3 is 0 Å². The van der Waals surface area contributed by atoms with E-state index < -0.39 is 0 Å². The van der Waals surface area contributed by atoms with E-state index in [1.54, 1.807) is 24.3 Å². The predicted molar refractivity (Wildman–Crippen MR) is 76.7 cm³/mol. The lowest BCUT2D eigenvalue weighted by Crippen LogP contribution is -2.18. The molecule has 4 heteroatoms. The molecular formula is C14H17FN2S. The topological polar surface area (TPSA) is 38.0 Å². The van der Waals surface area contributed by atoms with Crippen LogP contribution in [0.15, 0.2) is 29.6 Å². The van der Waals surface area contributed by atoms with Gasteiger partial charge in [-0.25, -0.2) is 4.39 Å². The third kappa shape index (κ3) is 3.01. The van der Waals surface area contributed by atoms with E-state index >= 15 is 0 Å². The van der Waals surface area contributed by atoms with Crippen molar-refractivity contribution in [1.82, 2.24) is 0 Å². The summed E-state index contributed by atoms with van der Waals surface area (Å²) in [6.07, 6.45) is 0.938. The number of rotatable bonds is 4. The Balaban J connectivity index is 2.07. The van der Waals surface area contributed by atoms with E-state index in [0.29, 0.717) is 11.3 Å². The van der Waals surface area contributed by atoms with Crippen LogP contribution in [0.4, 0.5) is 15.8 Å². The highest BCUT2D eigenvalue weighted by molar-refractivity contribution is 7.09. The maximum Gasteiger partial charge on any atom is 0.128 e. The molecule has 0 amide bonds. The highest BCUT2D eigenvalue weighted by Crippen LogP contribution is 2.24. The van der Waals surface area contributed by atoms with Gasteiger partial charge in [-0.15, -0.1) is 11.3 Å². The summed E-state index contributed by atoms with van der Waals surface area (Å²) in [6.45, 7) is 3.84. The van der Waals surface area contributed by atoms with Gasteiger partial charge in [0.2, 0.25) is 0 Å². The van der Waals surface area contributed by atoms with E-state index in [1.807, 2.05) is 6.07 Å². The van der Waals surface area contributed by atoms with E-state index in [0.717, 1.165) is 12.1 Å². The van der Waals surface area contributed by atoms with Crippen molar-refractivity contribution in [1.29, 1.82) is 0 Å². The Morgan fingerprint density at radius 3 is 2.89 bits per heavy atom. The average Bonchev–Trinajstić information content (AvgIpc) is 2.78. The molecule has 2 nitrogen and oxygen atoms in total. The fraction of sp³-hybridized carbons (Fsp3) is 0.286. The number of nitrogen functional groups attached to an aromatic ring is 1. The summed E-state index contributed by atoms with van der Waals surface area (Å²) in [7, 11) is 0. The van der Waals surface area contributed by atoms with Gasteiger partial charge in [0.05, 0.1) is 11.4 Å². The molecule has 1 atom stereocenters. The Morgan fingerprint density at radius 1 is 1.44 bits per heavy atom. The first kappa shape index (κ1) is 12.9. The monoisotopic (exact) mass is 264 g/mol. The number of halogens is 1. The summed E-state index contributed by atoms with van der Waals surface area (Å²) in [5.74, 6) is -0.260. The SMILES string of the molecule is Cc1cc(NC(C)Cc2cccs2)c(N)cc1F. The molecule has 0 saturated heterocycles. The number of hydrogen-bond acceptors (Lipinski definition) is 3. The predicted octanol–water partition coefficient (Wildman–Crippen LogP) is 3.82. The Hall–Kier alpha value is -1.55.